The molecule has 3 aromatic carbocycles. The van der Waals surface area contributed by atoms with Crippen molar-refractivity contribution in [2.45, 2.75) is 37.6 Å². The molecule has 37 heavy (non-hydrogen) atoms. The van der Waals surface area contributed by atoms with Gasteiger partial charge in [0, 0.05) is 13.1 Å². The molecule has 0 fully saturated rings. The van der Waals surface area contributed by atoms with E-state index in [1.807, 2.05) is 30.3 Å². The normalized spacial score (nSPS) is 12.0. The van der Waals surface area contributed by atoms with Gasteiger partial charge >= 0.3 is 0 Å². The molecule has 0 aromatic heterocycles. The average molecular weight is 526 g/mol. The Bertz CT molecular complexity index is 1290. The topological polar surface area (TPSA) is 86.8 Å². The second-order valence-corrected chi connectivity index (χ2v) is 10.3. The summed E-state index contributed by atoms with van der Waals surface area (Å²) in [5.74, 6) is -1.70. The number of amides is 2. The summed E-state index contributed by atoms with van der Waals surface area (Å²) in [5, 5.41) is 2.76. The van der Waals surface area contributed by atoms with Gasteiger partial charge in [0.25, 0.3) is 10.0 Å². The molecule has 0 unspecified atom stereocenters. The molecule has 1 atom stereocenters. The van der Waals surface area contributed by atoms with Crippen LogP contribution in [0.5, 0.6) is 0 Å². The molecule has 0 aliphatic rings. The average Bonchev–Trinajstić information content (AvgIpc) is 2.91. The van der Waals surface area contributed by atoms with E-state index in [-0.39, 0.29) is 23.0 Å². The van der Waals surface area contributed by atoms with E-state index in [9.17, 15) is 22.4 Å². The van der Waals surface area contributed by atoms with Crippen LogP contribution >= 0.6 is 0 Å². The molecule has 3 aromatic rings. The van der Waals surface area contributed by atoms with Crippen LogP contribution in [0.2, 0.25) is 0 Å². The minimum atomic E-state index is -4.29. The summed E-state index contributed by atoms with van der Waals surface area (Å²) >= 11 is 0. The molecule has 196 valence electrons. The molecule has 9 heteroatoms. The van der Waals surface area contributed by atoms with E-state index in [0.717, 1.165) is 15.9 Å². The Balaban J connectivity index is 2.00. The Morgan fingerprint density at radius 3 is 2.08 bits per heavy atom. The minimum absolute atomic E-state index is 0.0716. The third-order valence-corrected chi connectivity index (χ3v) is 7.73. The van der Waals surface area contributed by atoms with Gasteiger partial charge in [-0.1, -0.05) is 67.6 Å². The number of hydrogen-bond donors (Lipinski definition) is 1. The van der Waals surface area contributed by atoms with Gasteiger partial charge in [-0.25, -0.2) is 12.8 Å². The maximum atomic E-state index is 14.9. The Morgan fingerprint density at radius 2 is 1.49 bits per heavy atom. The molecule has 2 amide bonds. The molecule has 0 aliphatic carbocycles. The lowest BCUT2D eigenvalue weighted by atomic mass is 10.1. The van der Waals surface area contributed by atoms with Gasteiger partial charge < -0.3 is 10.2 Å². The summed E-state index contributed by atoms with van der Waals surface area (Å²) < 4.78 is 42.9. The van der Waals surface area contributed by atoms with Crippen LogP contribution in [-0.4, -0.2) is 50.8 Å². The van der Waals surface area contributed by atoms with Crippen LogP contribution in [-0.2, 0) is 26.0 Å². The summed E-state index contributed by atoms with van der Waals surface area (Å²) in [6, 6.07) is 21.7. The van der Waals surface area contributed by atoms with Gasteiger partial charge in [-0.3, -0.25) is 13.9 Å². The number of sulfonamides is 1. The lowest BCUT2D eigenvalue weighted by Crippen LogP contribution is -2.53. The maximum Gasteiger partial charge on any atom is 0.264 e. The SMILES string of the molecule is CCNC(=O)[C@H](CC)N(CCc1ccccc1)C(=O)CN(c1ccccc1F)S(=O)(=O)c1ccccc1. The van der Waals surface area contributed by atoms with Crippen LogP contribution in [0, 0.1) is 5.82 Å². The van der Waals surface area contributed by atoms with Crippen molar-refractivity contribution in [1.29, 1.82) is 0 Å². The summed E-state index contributed by atoms with van der Waals surface area (Å²) in [6.45, 7) is 3.49. The van der Waals surface area contributed by atoms with Gasteiger partial charge in [0.2, 0.25) is 11.8 Å². The quantitative estimate of drug-likeness (QED) is 0.387. The molecule has 0 spiro atoms. The van der Waals surface area contributed by atoms with Crippen molar-refractivity contribution in [2.75, 3.05) is 23.9 Å². The molecule has 1 N–H and O–H groups in total. The summed E-state index contributed by atoms with van der Waals surface area (Å²) in [4.78, 5) is 28.0. The molecule has 7 nitrogen and oxygen atoms in total. The number of benzene rings is 3. The highest BCUT2D eigenvalue weighted by atomic mass is 32.2. The van der Waals surface area contributed by atoms with Gasteiger partial charge in [-0.2, -0.15) is 0 Å². The van der Waals surface area contributed by atoms with Crippen molar-refractivity contribution in [2.24, 2.45) is 0 Å². The van der Waals surface area contributed by atoms with Crippen LogP contribution in [0.25, 0.3) is 0 Å². The fraction of sp³-hybridized carbons (Fsp3) is 0.286. The van der Waals surface area contributed by atoms with Crippen molar-refractivity contribution in [1.82, 2.24) is 10.2 Å². The zero-order valence-corrected chi connectivity index (χ0v) is 21.8. The number of para-hydroxylation sites is 1. The second-order valence-electron chi connectivity index (χ2n) is 8.42. The van der Waals surface area contributed by atoms with E-state index in [1.54, 1.807) is 32.0 Å². The largest absolute Gasteiger partial charge is 0.355 e. The van der Waals surface area contributed by atoms with Crippen molar-refractivity contribution in [3.05, 3.63) is 96.3 Å². The zero-order valence-electron chi connectivity index (χ0n) is 21.0. The number of rotatable bonds is 12. The first-order valence-corrected chi connectivity index (χ1v) is 13.7. The molecule has 3 rings (SSSR count). The van der Waals surface area contributed by atoms with Crippen LogP contribution < -0.4 is 9.62 Å². The number of hydrogen-bond acceptors (Lipinski definition) is 4. The first-order chi connectivity index (χ1) is 17.8. The summed E-state index contributed by atoms with van der Waals surface area (Å²) in [6.07, 6.45) is 0.797. The molecular weight excluding hydrogens is 493 g/mol. The van der Waals surface area contributed by atoms with Crippen LogP contribution in [0.3, 0.4) is 0 Å². The van der Waals surface area contributed by atoms with Gasteiger partial charge in [0.15, 0.2) is 0 Å². The van der Waals surface area contributed by atoms with Crippen LogP contribution in [0.4, 0.5) is 10.1 Å². The lowest BCUT2D eigenvalue weighted by Gasteiger charge is -2.33. The molecule has 0 saturated carbocycles. The number of carbonyl (C=O) groups is 2. The molecule has 0 bridgehead atoms. The Labute approximate surface area is 218 Å². The first-order valence-electron chi connectivity index (χ1n) is 12.2. The minimum Gasteiger partial charge on any atom is -0.355 e. The highest BCUT2D eigenvalue weighted by Gasteiger charge is 2.34. The third kappa shape index (κ3) is 6.95. The van der Waals surface area contributed by atoms with Crippen molar-refractivity contribution >= 4 is 27.5 Å². The van der Waals surface area contributed by atoms with Crippen molar-refractivity contribution in [3.63, 3.8) is 0 Å². The molecule has 0 radical (unpaired) electrons. The van der Waals surface area contributed by atoms with Crippen LogP contribution in [0.15, 0.2) is 89.8 Å². The number of likely N-dealkylation sites (N-methyl/N-ethyl adjacent to an activating group) is 1. The summed E-state index contributed by atoms with van der Waals surface area (Å²) in [5.41, 5.74) is 0.725. The number of nitrogens with zero attached hydrogens (tertiary/aromatic N) is 2. The van der Waals surface area contributed by atoms with E-state index in [0.29, 0.717) is 19.4 Å². The van der Waals surface area contributed by atoms with Gasteiger partial charge in [-0.15, -0.1) is 0 Å². The predicted molar refractivity (Wildman–Crippen MR) is 142 cm³/mol. The van der Waals surface area contributed by atoms with Gasteiger partial charge in [-0.05, 0) is 49.6 Å². The van der Waals surface area contributed by atoms with Crippen molar-refractivity contribution in [3.8, 4) is 0 Å². The number of anilines is 1. The number of carbonyl (C=O) groups excluding carboxylic acids is 2. The standard InChI is InChI=1S/C28H32FN3O4S/c1-3-25(28(34)30-4-2)31(20-19-22-13-7-5-8-14-22)27(33)21-32(26-18-12-11-17-24(26)29)37(35,36)23-15-9-6-10-16-23/h5-18,25H,3-4,19-21H2,1-2H3,(H,30,34)/t25-/m0/s1. The molecule has 0 heterocycles. The molecule has 0 aliphatic heterocycles. The fourth-order valence-electron chi connectivity index (χ4n) is 4.07. The molecular formula is C28H32FN3O4S. The van der Waals surface area contributed by atoms with E-state index in [2.05, 4.69) is 5.32 Å². The monoisotopic (exact) mass is 525 g/mol. The number of halogens is 1. The Hall–Kier alpha value is -3.72. The summed E-state index contributed by atoms with van der Waals surface area (Å²) in [7, 11) is -4.29. The van der Waals surface area contributed by atoms with Crippen LogP contribution in [0.1, 0.15) is 25.8 Å². The highest BCUT2D eigenvalue weighted by Crippen LogP contribution is 2.26. The Kier molecular flexibility index (Phi) is 9.79. The predicted octanol–water partition coefficient (Wildman–Crippen LogP) is 4.01. The van der Waals surface area contributed by atoms with E-state index < -0.39 is 34.3 Å². The van der Waals surface area contributed by atoms with E-state index in [1.165, 1.54) is 35.2 Å². The van der Waals surface area contributed by atoms with Crippen molar-refractivity contribution < 1.29 is 22.4 Å². The first kappa shape index (κ1) is 27.9. The lowest BCUT2D eigenvalue weighted by molar-refractivity contribution is -0.139. The van der Waals surface area contributed by atoms with E-state index >= 15 is 0 Å². The second kappa shape index (κ2) is 13.0. The smallest absolute Gasteiger partial charge is 0.264 e. The fourth-order valence-corrected chi connectivity index (χ4v) is 5.52. The Morgan fingerprint density at radius 1 is 0.892 bits per heavy atom. The highest BCUT2D eigenvalue weighted by molar-refractivity contribution is 7.92. The van der Waals surface area contributed by atoms with Gasteiger partial charge in [0.1, 0.15) is 18.4 Å². The molecule has 0 saturated heterocycles. The van der Waals surface area contributed by atoms with E-state index in [4.69, 9.17) is 0 Å². The number of nitrogens with one attached hydrogen (secondary N) is 1. The van der Waals surface area contributed by atoms with Gasteiger partial charge in [0.05, 0.1) is 10.6 Å². The maximum absolute atomic E-state index is 14.9. The zero-order chi connectivity index (χ0) is 26.8. The third-order valence-electron chi connectivity index (χ3n) is 5.95.